The second-order valence-corrected chi connectivity index (χ2v) is 5.23. The van der Waals surface area contributed by atoms with E-state index in [1.54, 1.807) is 12.1 Å². The molecule has 0 radical (unpaired) electrons. The largest absolute Gasteiger partial charge is 0.346 e. The smallest absolute Gasteiger partial charge is 0.249 e. The van der Waals surface area contributed by atoms with Crippen LogP contribution in [0.3, 0.4) is 0 Å². The van der Waals surface area contributed by atoms with E-state index in [2.05, 4.69) is 5.32 Å². The van der Waals surface area contributed by atoms with Crippen molar-refractivity contribution < 1.29 is 18.8 Å². The van der Waals surface area contributed by atoms with E-state index in [4.69, 9.17) is 5.73 Å². The van der Waals surface area contributed by atoms with Crippen molar-refractivity contribution in [1.29, 1.82) is 0 Å². The predicted octanol–water partition coefficient (Wildman–Crippen LogP) is -0.114. The maximum Gasteiger partial charge on any atom is 0.249 e. The van der Waals surface area contributed by atoms with Crippen LogP contribution in [0.5, 0.6) is 0 Å². The molecule has 3 amide bonds. The van der Waals surface area contributed by atoms with Crippen molar-refractivity contribution in [2.75, 3.05) is 31.6 Å². The monoisotopic (exact) mass is 358 g/mol. The van der Waals surface area contributed by atoms with Crippen molar-refractivity contribution in [3.8, 4) is 0 Å². The molecular weight excluding hydrogens is 339 g/mol. The normalized spacial score (nSPS) is 16.5. The molecule has 1 aliphatic heterocycles. The number of carbonyl (C=O) groups is 3. The summed E-state index contributed by atoms with van der Waals surface area (Å²) in [5, 5.41) is 2.36. The molecule has 0 saturated carbocycles. The van der Waals surface area contributed by atoms with Gasteiger partial charge in [-0.25, -0.2) is 4.39 Å². The molecule has 24 heavy (non-hydrogen) atoms. The van der Waals surface area contributed by atoms with Crippen molar-refractivity contribution in [3.05, 3.63) is 30.1 Å². The predicted molar refractivity (Wildman–Crippen MR) is 89.2 cm³/mol. The molecule has 1 fully saturated rings. The summed E-state index contributed by atoms with van der Waals surface area (Å²) in [6, 6.07) is 5.34. The highest BCUT2D eigenvalue weighted by Crippen LogP contribution is 2.26. The molecule has 0 spiro atoms. The molecule has 1 unspecified atom stereocenters. The fourth-order valence-corrected chi connectivity index (χ4v) is 2.48. The van der Waals surface area contributed by atoms with Gasteiger partial charge in [0.1, 0.15) is 11.9 Å². The number of benzene rings is 1. The summed E-state index contributed by atoms with van der Waals surface area (Å²) in [6.45, 7) is -0.104. The molecule has 1 aliphatic rings. The number of nitrogens with one attached hydrogen (secondary N) is 1. The van der Waals surface area contributed by atoms with E-state index < -0.39 is 23.7 Å². The second kappa shape index (κ2) is 8.60. The maximum atomic E-state index is 13.8. The fourth-order valence-electron chi connectivity index (χ4n) is 2.48. The third-order valence-corrected chi connectivity index (χ3v) is 3.80. The van der Waals surface area contributed by atoms with Crippen molar-refractivity contribution in [2.24, 2.45) is 5.73 Å². The number of likely N-dealkylation sites (N-methyl/N-ethyl adjacent to an activating group) is 1. The Morgan fingerprint density at radius 1 is 1.42 bits per heavy atom. The Balaban J connectivity index is 0.00000288. The van der Waals surface area contributed by atoms with Crippen LogP contribution in [-0.2, 0) is 14.4 Å². The van der Waals surface area contributed by atoms with Crippen molar-refractivity contribution in [1.82, 2.24) is 10.2 Å². The van der Waals surface area contributed by atoms with Gasteiger partial charge < -0.3 is 20.9 Å². The summed E-state index contributed by atoms with van der Waals surface area (Å²) in [4.78, 5) is 38.2. The molecule has 0 bridgehead atoms. The van der Waals surface area contributed by atoms with Crippen LogP contribution in [0, 0.1) is 5.82 Å². The highest BCUT2D eigenvalue weighted by molar-refractivity contribution is 6.01. The van der Waals surface area contributed by atoms with Crippen LogP contribution < -0.4 is 16.0 Å². The molecule has 132 valence electrons. The molecule has 7 nitrogen and oxygen atoms in total. The van der Waals surface area contributed by atoms with Crippen molar-refractivity contribution >= 4 is 35.8 Å². The Kier molecular flexibility index (Phi) is 7.12. The lowest BCUT2D eigenvalue weighted by Gasteiger charge is -2.24. The number of anilines is 1. The zero-order chi connectivity index (χ0) is 17.0. The van der Waals surface area contributed by atoms with Gasteiger partial charge in [-0.1, -0.05) is 12.1 Å². The molecule has 1 saturated heterocycles. The van der Waals surface area contributed by atoms with Crippen LogP contribution in [0.25, 0.3) is 0 Å². The number of hydrogen-bond acceptors (Lipinski definition) is 4. The third-order valence-electron chi connectivity index (χ3n) is 3.80. The summed E-state index contributed by atoms with van der Waals surface area (Å²) in [5.74, 6) is -1.67. The van der Waals surface area contributed by atoms with Gasteiger partial charge in [0.15, 0.2) is 0 Å². The molecule has 1 heterocycles. The van der Waals surface area contributed by atoms with Crippen LogP contribution in [-0.4, -0.2) is 55.3 Å². The number of para-hydroxylation sites is 1. The third kappa shape index (κ3) is 4.21. The van der Waals surface area contributed by atoms with E-state index in [9.17, 15) is 18.8 Å². The Hall–Kier alpha value is -2.19. The minimum Gasteiger partial charge on any atom is -0.346 e. The standard InChI is InChI=1S/C15H19FN4O3.ClH/c1-19(14(22)9-18-13(21)8-17)12-6-7-20(15(12)23)11-5-3-2-4-10(11)16;/h2-5,12H,6-9,17H2,1H3,(H,18,21);1H. The lowest BCUT2D eigenvalue weighted by atomic mass is 10.2. The van der Waals surface area contributed by atoms with Gasteiger partial charge >= 0.3 is 0 Å². The van der Waals surface area contributed by atoms with Gasteiger partial charge in [-0.3, -0.25) is 14.4 Å². The summed E-state index contributed by atoms with van der Waals surface area (Å²) in [6.07, 6.45) is 0.403. The van der Waals surface area contributed by atoms with E-state index in [0.717, 1.165) is 0 Å². The topological polar surface area (TPSA) is 95.7 Å². The van der Waals surface area contributed by atoms with Crippen molar-refractivity contribution in [2.45, 2.75) is 12.5 Å². The van der Waals surface area contributed by atoms with Gasteiger partial charge in [-0.05, 0) is 18.6 Å². The maximum absolute atomic E-state index is 13.8. The van der Waals surface area contributed by atoms with E-state index in [1.807, 2.05) is 0 Å². The first-order chi connectivity index (χ1) is 11.0. The SMILES string of the molecule is CN(C(=O)CNC(=O)CN)C1CCN(c2ccccc2F)C1=O.Cl. The number of nitrogens with zero attached hydrogens (tertiary/aromatic N) is 2. The van der Waals surface area contributed by atoms with E-state index in [-0.39, 0.29) is 37.1 Å². The van der Waals surface area contributed by atoms with E-state index >= 15 is 0 Å². The quantitative estimate of drug-likeness (QED) is 0.767. The average Bonchev–Trinajstić information content (AvgIpc) is 2.93. The summed E-state index contributed by atoms with van der Waals surface area (Å²) < 4.78 is 13.8. The van der Waals surface area contributed by atoms with Gasteiger partial charge in [0.25, 0.3) is 0 Å². The second-order valence-electron chi connectivity index (χ2n) is 5.23. The summed E-state index contributed by atoms with van der Waals surface area (Å²) in [5.41, 5.74) is 5.35. The lowest BCUT2D eigenvalue weighted by Crippen LogP contribution is -2.47. The minimum absolute atomic E-state index is 0. The van der Waals surface area contributed by atoms with Crippen LogP contribution in [0.15, 0.2) is 24.3 Å². The number of halogens is 2. The van der Waals surface area contributed by atoms with E-state index in [1.165, 1.54) is 29.0 Å². The van der Waals surface area contributed by atoms with Crippen molar-refractivity contribution in [3.63, 3.8) is 0 Å². The average molecular weight is 359 g/mol. The summed E-state index contributed by atoms with van der Waals surface area (Å²) >= 11 is 0. The molecule has 2 rings (SSSR count). The molecule has 9 heteroatoms. The van der Waals surface area contributed by atoms with Gasteiger partial charge in [-0.15, -0.1) is 12.4 Å². The van der Waals surface area contributed by atoms with Crippen LogP contribution >= 0.6 is 12.4 Å². The molecular formula is C15H20ClFN4O3. The number of amides is 3. The van der Waals surface area contributed by atoms with Gasteiger partial charge in [0.05, 0.1) is 18.8 Å². The Morgan fingerprint density at radius 2 is 2.08 bits per heavy atom. The number of nitrogens with two attached hydrogens (primary N) is 1. The molecule has 1 aromatic carbocycles. The Labute approximate surface area is 145 Å². The number of rotatable bonds is 5. The molecule has 3 N–H and O–H groups in total. The Morgan fingerprint density at radius 3 is 2.71 bits per heavy atom. The van der Waals surface area contributed by atoms with Crippen LogP contribution in [0.2, 0.25) is 0 Å². The number of carbonyl (C=O) groups excluding carboxylic acids is 3. The summed E-state index contributed by atoms with van der Waals surface area (Å²) in [7, 11) is 1.49. The molecule has 0 aromatic heterocycles. The highest BCUT2D eigenvalue weighted by Gasteiger charge is 2.37. The van der Waals surface area contributed by atoms with Crippen LogP contribution in [0.4, 0.5) is 10.1 Å². The first-order valence-corrected chi connectivity index (χ1v) is 7.24. The van der Waals surface area contributed by atoms with Gasteiger partial charge in [0.2, 0.25) is 17.7 Å². The zero-order valence-corrected chi connectivity index (χ0v) is 14.0. The zero-order valence-electron chi connectivity index (χ0n) is 13.2. The fraction of sp³-hybridized carbons (Fsp3) is 0.400. The van der Waals surface area contributed by atoms with Gasteiger partial charge in [-0.2, -0.15) is 0 Å². The highest BCUT2D eigenvalue weighted by atomic mass is 35.5. The lowest BCUT2D eigenvalue weighted by molar-refractivity contribution is -0.137. The van der Waals surface area contributed by atoms with E-state index in [0.29, 0.717) is 13.0 Å². The molecule has 1 atom stereocenters. The van der Waals surface area contributed by atoms with Crippen LogP contribution in [0.1, 0.15) is 6.42 Å². The Bertz CT molecular complexity index is 628. The molecule has 0 aliphatic carbocycles. The first-order valence-electron chi connectivity index (χ1n) is 7.24. The van der Waals surface area contributed by atoms with Gasteiger partial charge in [0, 0.05) is 13.6 Å². The molecule has 1 aromatic rings. The number of hydrogen-bond donors (Lipinski definition) is 2. The minimum atomic E-state index is -0.670. The first kappa shape index (κ1) is 19.9.